The molecule has 0 unspecified atom stereocenters. The average molecular weight is 568 g/mol. The Hall–Kier alpha value is -4.25. The monoisotopic (exact) mass is 567 g/mol. The van der Waals surface area contributed by atoms with Gasteiger partial charge in [0.05, 0.1) is 5.56 Å². The van der Waals surface area contributed by atoms with E-state index in [1.54, 1.807) is 17.2 Å². The molecule has 8 nitrogen and oxygen atoms in total. The zero-order chi connectivity index (χ0) is 29.4. The van der Waals surface area contributed by atoms with E-state index in [1.165, 1.54) is 24.5 Å². The van der Waals surface area contributed by atoms with Gasteiger partial charge in [-0.1, -0.05) is 24.3 Å². The maximum Gasteiger partial charge on any atom is 0.416 e. The Labute approximate surface area is 236 Å². The molecule has 1 N–H and O–H groups in total. The maximum absolute atomic E-state index is 13.9. The molecule has 4 rings (SSSR count). The van der Waals surface area contributed by atoms with Gasteiger partial charge in [-0.25, -0.2) is 9.97 Å². The van der Waals surface area contributed by atoms with Gasteiger partial charge in [0, 0.05) is 43.6 Å². The smallest absolute Gasteiger partial charge is 0.416 e. The maximum atomic E-state index is 13.9. The van der Waals surface area contributed by atoms with Gasteiger partial charge in [0.2, 0.25) is 0 Å². The van der Waals surface area contributed by atoms with Gasteiger partial charge in [0.1, 0.15) is 12.1 Å². The molecular weight excluding hydrogens is 535 g/mol. The number of hydrogen-bond donors (Lipinski definition) is 1. The number of alkyl halides is 3. The van der Waals surface area contributed by atoms with E-state index >= 15 is 0 Å². The molecule has 0 saturated carbocycles. The first-order chi connectivity index (χ1) is 19.6. The minimum Gasteiger partial charge on any atom is -0.423 e. The van der Waals surface area contributed by atoms with Crippen molar-refractivity contribution in [1.29, 1.82) is 0 Å². The Morgan fingerprint density at radius 3 is 2.49 bits per heavy atom. The molecule has 1 aliphatic heterocycles. The highest BCUT2D eigenvalue weighted by molar-refractivity contribution is 5.97. The van der Waals surface area contributed by atoms with Gasteiger partial charge in [0.25, 0.3) is 12.4 Å². The third kappa shape index (κ3) is 8.14. The van der Waals surface area contributed by atoms with Crippen LogP contribution in [-0.4, -0.2) is 57.3 Å². The summed E-state index contributed by atoms with van der Waals surface area (Å²) in [4.78, 5) is 37.4. The Balaban J connectivity index is 1.62. The van der Waals surface area contributed by atoms with Gasteiger partial charge in [-0.05, 0) is 74.2 Å². The normalized spacial score (nSPS) is 15.0. The van der Waals surface area contributed by atoms with E-state index < -0.39 is 17.6 Å². The number of hydrogen-bond acceptors (Lipinski definition) is 7. The van der Waals surface area contributed by atoms with Crippen LogP contribution in [-0.2, 0) is 27.0 Å². The number of piperidine rings is 1. The largest absolute Gasteiger partial charge is 0.423 e. The number of amides is 1. The number of ether oxygens (including phenoxy) is 1. The Morgan fingerprint density at radius 1 is 1.15 bits per heavy atom. The summed E-state index contributed by atoms with van der Waals surface area (Å²) in [7, 11) is 0. The zero-order valence-corrected chi connectivity index (χ0v) is 22.8. The molecular formula is C30H32F3N5O3. The number of carbonyl (C=O) groups excluding carboxylic acids is 2. The van der Waals surface area contributed by atoms with E-state index in [0.717, 1.165) is 49.3 Å². The van der Waals surface area contributed by atoms with Crippen molar-refractivity contribution >= 4 is 30.0 Å². The molecule has 41 heavy (non-hydrogen) atoms. The van der Waals surface area contributed by atoms with Crippen LogP contribution in [0.3, 0.4) is 0 Å². The summed E-state index contributed by atoms with van der Waals surface area (Å²) < 4.78 is 44.2. The molecule has 3 aromatic rings. The number of anilines is 2. The van der Waals surface area contributed by atoms with Crippen molar-refractivity contribution in [2.45, 2.75) is 51.5 Å². The van der Waals surface area contributed by atoms with Crippen LogP contribution in [0.2, 0.25) is 0 Å². The third-order valence-corrected chi connectivity index (χ3v) is 6.99. The lowest BCUT2D eigenvalue weighted by atomic mass is 10.00. The van der Waals surface area contributed by atoms with Crippen molar-refractivity contribution in [3.63, 3.8) is 0 Å². The second-order valence-corrected chi connectivity index (χ2v) is 10.1. The quantitative estimate of drug-likeness (QED) is 0.192. The van der Waals surface area contributed by atoms with Gasteiger partial charge in [-0.2, -0.15) is 13.2 Å². The number of rotatable bonds is 10. The van der Waals surface area contributed by atoms with Gasteiger partial charge < -0.3 is 19.9 Å². The van der Waals surface area contributed by atoms with Crippen LogP contribution in [0.5, 0.6) is 0 Å². The predicted molar refractivity (Wildman–Crippen MR) is 149 cm³/mol. The standard InChI is InChI=1S/C30H32F3N5O3/c1-21(2)37-14-11-26(12-15-37)38(18-23-4-3-5-25(16-23)36-28-10-13-34-19-35-28)29(40)27(41-20-39)17-22-6-8-24(9-7-22)30(31,32)33/h3-10,13,16-17,19-21,26H,11-12,14-15,18H2,1-2H3,(H,34,35,36)/b27-17+. The second-order valence-electron chi connectivity index (χ2n) is 10.1. The van der Waals surface area contributed by atoms with Gasteiger partial charge in [-0.3, -0.25) is 9.59 Å². The first-order valence-electron chi connectivity index (χ1n) is 13.3. The van der Waals surface area contributed by atoms with Crippen LogP contribution in [0.1, 0.15) is 43.4 Å². The van der Waals surface area contributed by atoms with Crippen molar-refractivity contribution in [2.24, 2.45) is 0 Å². The molecule has 0 radical (unpaired) electrons. The van der Waals surface area contributed by atoms with Gasteiger partial charge in [-0.15, -0.1) is 0 Å². The fourth-order valence-electron chi connectivity index (χ4n) is 4.80. The van der Waals surface area contributed by atoms with Crippen molar-refractivity contribution in [3.05, 3.63) is 89.6 Å². The van der Waals surface area contributed by atoms with E-state index in [1.807, 2.05) is 24.3 Å². The van der Waals surface area contributed by atoms with Crippen LogP contribution in [0.4, 0.5) is 24.7 Å². The van der Waals surface area contributed by atoms with E-state index in [0.29, 0.717) is 17.4 Å². The lowest BCUT2D eigenvalue weighted by Crippen LogP contribution is -2.49. The van der Waals surface area contributed by atoms with Crippen molar-refractivity contribution in [2.75, 3.05) is 18.4 Å². The lowest BCUT2D eigenvalue weighted by Gasteiger charge is -2.40. The minimum atomic E-state index is -4.49. The Morgan fingerprint density at radius 2 is 1.88 bits per heavy atom. The average Bonchev–Trinajstić information content (AvgIpc) is 2.96. The van der Waals surface area contributed by atoms with Crippen LogP contribution in [0.25, 0.3) is 6.08 Å². The number of halogens is 3. The second kappa shape index (κ2) is 13.4. The Bertz CT molecular complexity index is 1340. The van der Waals surface area contributed by atoms with Gasteiger partial charge in [0.15, 0.2) is 5.76 Å². The highest BCUT2D eigenvalue weighted by Crippen LogP contribution is 2.30. The molecule has 0 aliphatic carbocycles. The first kappa shape index (κ1) is 29.7. The number of aromatic nitrogens is 2. The molecule has 0 bridgehead atoms. The van der Waals surface area contributed by atoms with Crippen LogP contribution in [0.15, 0.2) is 72.9 Å². The molecule has 0 atom stereocenters. The first-order valence-corrected chi connectivity index (χ1v) is 13.3. The van der Waals surface area contributed by atoms with Crippen LogP contribution >= 0.6 is 0 Å². The molecule has 0 spiro atoms. The van der Waals surface area contributed by atoms with Gasteiger partial charge >= 0.3 is 6.18 Å². The summed E-state index contributed by atoms with van der Waals surface area (Å²) in [5.74, 6) is -0.164. The topological polar surface area (TPSA) is 87.7 Å². The Kier molecular flexibility index (Phi) is 9.72. The van der Waals surface area contributed by atoms with E-state index in [2.05, 4.69) is 34.0 Å². The molecule has 1 aliphatic rings. The van der Waals surface area contributed by atoms with Crippen molar-refractivity contribution in [1.82, 2.24) is 19.8 Å². The van der Waals surface area contributed by atoms with Crippen molar-refractivity contribution < 1.29 is 27.5 Å². The summed E-state index contributed by atoms with van der Waals surface area (Å²) in [5, 5.41) is 3.21. The van der Waals surface area contributed by atoms with Crippen LogP contribution < -0.4 is 5.32 Å². The summed E-state index contributed by atoms with van der Waals surface area (Å²) in [6.45, 7) is 6.24. The molecule has 1 amide bonds. The fourth-order valence-corrected chi connectivity index (χ4v) is 4.80. The zero-order valence-electron chi connectivity index (χ0n) is 22.8. The predicted octanol–water partition coefficient (Wildman–Crippen LogP) is 5.65. The highest BCUT2D eigenvalue weighted by Gasteiger charge is 2.32. The lowest BCUT2D eigenvalue weighted by molar-refractivity contribution is -0.139. The highest BCUT2D eigenvalue weighted by atomic mass is 19.4. The summed E-state index contributed by atoms with van der Waals surface area (Å²) in [5.41, 5.74) is 1.10. The molecule has 2 heterocycles. The molecule has 2 aromatic carbocycles. The fraction of sp³-hybridized carbons (Fsp3) is 0.333. The number of benzene rings is 2. The molecule has 11 heteroatoms. The third-order valence-electron chi connectivity index (χ3n) is 6.99. The molecule has 216 valence electrons. The SMILES string of the molecule is CC(C)N1CCC(N(Cc2cccc(Nc3ccncn3)c2)C(=O)/C(=C\c2ccc(C(F)(F)F)cc2)OC=O)CC1. The number of likely N-dealkylation sites (tertiary alicyclic amines) is 1. The number of nitrogens with one attached hydrogen (secondary N) is 1. The minimum absolute atomic E-state index is 0.137. The van der Waals surface area contributed by atoms with E-state index in [-0.39, 0.29) is 24.8 Å². The summed E-state index contributed by atoms with van der Waals surface area (Å²) in [6, 6.07) is 13.8. The van der Waals surface area contributed by atoms with Crippen molar-refractivity contribution in [3.8, 4) is 0 Å². The van der Waals surface area contributed by atoms with Crippen LogP contribution in [0, 0.1) is 0 Å². The van der Waals surface area contributed by atoms with E-state index in [4.69, 9.17) is 4.74 Å². The summed E-state index contributed by atoms with van der Waals surface area (Å²) in [6.07, 6.45) is 1.31. The molecule has 1 fully saturated rings. The van der Waals surface area contributed by atoms with E-state index in [9.17, 15) is 22.8 Å². The summed E-state index contributed by atoms with van der Waals surface area (Å²) >= 11 is 0. The molecule has 1 aromatic heterocycles. The number of nitrogens with zero attached hydrogens (tertiary/aromatic N) is 4. The molecule has 1 saturated heterocycles. The number of carbonyl (C=O) groups is 2.